The van der Waals surface area contributed by atoms with Crippen LogP contribution in [-0.2, 0) is 6.54 Å². The Labute approximate surface area is 142 Å². The predicted molar refractivity (Wildman–Crippen MR) is 92.0 cm³/mol. The molecule has 128 valence electrons. The summed E-state index contributed by atoms with van der Waals surface area (Å²) in [5, 5.41) is 7.65. The Morgan fingerprint density at radius 1 is 1.29 bits per heavy atom. The highest BCUT2D eigenvalue weighted by Crippen LogP contribution is 2.18. The van der Waals surface area contributed by atoms with Crippen LogP contribution in [0.4, 0.5) is 5.82 Å². The van der Waals surface area contributed by atoms with E-state index in [4.69, 9.17) is 0 Å². The fourth-order valence-electron chi connectivity index (χ4n) is 3.02. The van der Waals surface area contributed by atoms with Crippen molar-refractivity contribution in [3.8, 4) is 0 Å². The molecule has 7 heteroatoms. The van der Waals surface area contributed by atoms with E-state index < -0.39 is 0 Å². The number of carbonyl (C=O) groups is 1. The van der Waals surface area contributed by atoms with E-state index in [1.54, 1.807) is 6.20 Å². The highest BCUT2D eigenvalue weighted by Gasteiger charge is 2.22. The van der Waals surface area contributed by atoms with Crippen molar-refractivity contribution in [2.45, 2.75) is 39.7 Å². The Morgan fingerprint density at radius 3 is 2.79 bits per heavy atom. The minimum atomic E-state index is 0.0749. The maximum Gasteiger partial charge on any atom is 0.257 e. The summed E-state index contributed by atoms with van der Waals surface area (Å²) in [6.07, 6.45) is 4.78. The summed E-state index contributed by atoms with van der Waals surface area (Å²) >= 11 is 0. The average Bonchev–Trinajstić information content (AvgIpc) is 3.21. The highest BCUT2D eigenvalue weighted by molar-refractivity contribution is 5.98. The molecule has 0 aliphatic carbocycles. The molecule has 3 heterocycles. The maximum atomic E-state index is 12.6. The van der Waals surface area contributed by atoms with Crippen LogP contribution in [0.1, 0.15) is 41.3 Å². The second-order valence-electron chi connectivity index (χ2n) is 6.11. The van der Waals surface area contributed by atoms with Crippen LogP contribution in [0, 0.1) is 13.8 Å². The molecule has 0 atom stereocenters. The zero-order valence-electron chi connectivity index (χ0n) is 14.3. The largest absolute Gasteiger partial charge is 0.369 e. The zero-order valence-corrected chi connectivity index (χ0v) is 14.3. The van der Waals surface area contributed by atoms with Gasteiger partial charge >= 0.3 is 0 Å². The van der Waals surface area contributed by atoms with Crippen molar-refractivity contribution in [2.24, 2.45) is 0 Å². The third-order valence-electron chi connectivity index (χ3n) is 4.23. The fraction of sp³-hybridized carbons (Fsp3) is 0.529. The van der Waals surface area contributed by atoms with E-state index in [0.717, 1.165) is 57.1 Å². The number of aromatic nitrogens is 4. The SMILES string of the molecule is Cc1nc(C)n(CCCNc2ncccc2C(=O)N2CCCC2)n1. The van der Waals surface area contributed by atoms with Gasteiger partial charge in [-0.15, -0.1) is 0 Å². The summed E-state index contributed by atoms with van der Waals surface area (Å²) in [5.41, 5.74) is 0.659. The van der Waals surface area contributed by atoms with Crippen LogP contribution < -0.4 is 5.32 Å². The summed E-state index contributed by atoms with van der Waals surface area (Å²) in [6.45, 7) is 7.07. The van der Waals surface area contributed by atoms with Crippen LogP contribution in [0.15, 0.2) is 18.3 Å². The van der Waals surface area contributed by atoms with Crippen molar-refractivity contribution in [2.75, 3.05) is 25.0 Å². The van der Waals surface area contributed by atoms with Gasteiger partial charge in [-0.3, -0.25) is 9.48 Å². The van der Waals surface area contributed by atoms with Gasteiger partial charge in [-0.2, -0.15) is 5.10 Å². The fourth-order valence-corrected chi connectivity index (χ4v) is 3.02. The van der Waals surface area contributed by atoms with E-state index in [2.05, 4.69) is 20.4 Å². The number of hydrogen-bond acceptors (Lipinski definition) is 5. The van der Waals surface area contributed by atoms with E-state index in [9.17, 15) is 4.79 Å². The Bertz CT molecular complexity index is 705. The first-order chi connectivity index (χ1) is 11.6. The molecule has 0 unspecified atom stereocenters. The molecule has 1 amide bonds. The van der Waals surface area contributed by atoms with Crippen LogP contribution in [-0.4, -0.2) is 50.2 Å². The van der Waals surface area contributed by atoms with Crippen LogP contribution in [0.5, 0.6) is 0 Å². The van der Waals surface area contributed by atoms with Gasteiger partial charge in [0.1, 0.15) is 17.5 Å². The number of rotatable bonds is 6. The van der Waals surface area contributed by atoms with E-state index in [0.29, 0.717) is 11.4 Å². The van der Waals surface area contributed by atoms with E-state index in [1.807, 2.05) is 35.6 Å². The Balaban J connectivity index is 1.57. The van der Waals surface area contributed by atoms with Gasteiger partial charge in [-0.05, 0) is 45.2 Å². The molecule has 1 N–H and O–H groups in total. The van der Waals surface area contributed by atoms with Gasteiger partial charge in [0, 0.05) is 32.4 Å². The lowest BCUT2D eigenvalue weighted by Gasteiger charge is -2.17. The normalized spacial score (nSPS) is 14.2. The lowest BCUT2D eigenvalue weighted by Crippen LogP contribution is -2.28. The van der Waals surface area contributed by atoms with Gasteiger partial charge in [0.05, 0.1) is 5.56 Å². The Hall–Kier alpha value is -2.44. The molecular weight excluding hydrogens is 304 g/mol. The molecule has 1 aliphatic heterocycles. The summed E-state index contributed by atoms with van der Waals surface area (Å²) in [7, 11) is 0. The Kier molecular flexibility index (Phi) is 5.08. The van der Waals surface area contributed by atoms with Crippen molar-refractivity contribution in [3.63, 3.8) is 0 Å². The molecular formula is C17H24N6O. The summed E-state index contributed by atoms with van der Waals surface area (Å²) in [5.74, 6) is 2.46. The molecule has 0 bridgehead atoms. The molecule has 1 aliphatic rings. The molecule has 0 spiro atoms. The number of carbonyl (C=O) groups excluding carboxylic acids is 1. The van der Waals surface area contributed by atoms with E-state index in [-0.39, 0.29) is 5.91 Å². The molecule has 7 nitrogen and oxygen atoms in total. The van der Waals surface area contributed by atoms with Crippen LogP contribution >= 0.6 is 0 Å². The Morgan fingerprint density at radius 2 is 2.08 bits per heavy atom. The van der Waals surface area contributed by atoms with Crippen LogP contribution in [0.2, 0.25) is 0 Å². The van der Waals surface area contributed by atoms with Gasteiger partial charge in [0.15, 0.2) is 0 Å². The second-order valence-corrected chi connectivity index (χ2v) is 6.11. The number of pyridine rings is 1. The molecule has 0 saturated carbocycles. The molecule has 1 saturated heterocycles. The zero-order chi connectivity index (χ0) is 16.9. The van der Waals surface area contributed by atoms with E-state index >= 15 is 0 Å². The van der Waals surface area contributed by atoms with Crippen molar-refractivity contribution in [1.29, 1.82) is 0 Å². The highest BCUT2D eigenvalue weighted by atomic mass is 16.2. The van der Waals surface area contributed by atoms with Crippen molar-refractivity contribution < 1.29 is 4.79 Å². The van der Waals surface area contributed by atoms with Crippen LogP contribution in [0.3, 0.4) is 0 Å². The van der Waals surface area contributed by atoms with Crippen molar-refractivity contribution in [1.82, 2.24) is 24.6 Å². The van der Waals surface area contributed by atoms with Gasteiger partial charge in [-0.1, -0.05) is 0 Å². The van der Waals surface area contributed by atoms with Gasteiger partial charge in [0.25, 0.3) is 5.91 Å². The molecule has 2 aromatic heterocycles. The number of anilines is 1. The van der Waals surface area contributed by atoms with Crippen LogP contribution in [0.25, 0.3) is 0 Å². The molecule has 0 radical (unpaired) electrons. The summed E-state index contributed by atoms with van der Waals surface area (Å²) in [6, 6.07) is 3.66. The molecule has 1 fully saturated rings. The smallest absolute Gasteiger partial charge is 0.257 e. The first-order valence-electron chi connectivity index (χ1n) is 8.51. The minimum Gasteiger partial charge on any atom is -0.369 e. The van der Waals surface area contributed by atoms with Gasteiger partial charge in [-0.25, -0.2) is 9.97 Å². The molecule has 2 aromatic rings. The first kappa shape index (κ1) is 16.4. The second kappa shape index (κ2) is 7.42. The third kappa shape index (κ3) is 3.72. The number of amides is 1. The van der Waals surface area contributed by atoms with Gasteiger partial charge in [0.2, 0.25) is 0 Å². The quantitative estimate of drug-likeness (QED) is 0.821. The van der Waals surface area contributed by atoms with Gasteiger partial charge < -0.3 is 10.2 Å². The number of hydrogen-bond donors (Lipinski definition) is 1. The minimum absolute atomic E-state index is 0.0749. The average molecular weight is 328 g/mol. The predicted octanol–water partition coefficient (Wildman–Crippen LogP) is 2.03. The number of nitrogens with zero attached hydrogens (tertiary/aromatic N) is 5. The first-order valence-corrected chi connectivity index (χ1v) is 8.51. The van der Waals surface area contributed by atoms with Crippen molar-refractivity contribution in [3.05, 3.63) is 35.5 Å². The maximum absolute atomic E-state index is 12.6. The molecule has 0 aromatic carbocycles. The van der Waals surface area contributed by atoms with Crippen molar-refractivity contribution >= 4 is 11.7 Å². The summed E-state index contributed by atoms with van der Waals surface area (Å²) in [4.78, 5) is 23.1. The summed E-state index contributed by atoms with van der Waals surface area (Å²) < 4.78 is 1.91. The number of likely N-dealkylation sites (tertiary alicyclic amines) is 1. The number of nitrogens with one attached hydrogen (secondary N) is 1. The molecule has 24 heavy (non-hydrogen) atoms. The third-order valence-corrected chi connectivity index (χ3v) is 4.23. The van der Waals surface area contributed by atoms with E-state index in [1.165, 1.54) is 0 Å². The lowest BCUT2D eigenvalue weighted by atomic mass is 10.2. The topological polar surface area (TPSA) is 75.9 Å². The number of aryl methyl sites for hydroxylation is 3. The molecule has 3 rings (SSSR count). The standard InChI is InChI=1S/C17H24N6O/c1-13-20-14(2)23(21-13)12-6-9-19-16-15(7-5-8-18-16)17(24)22-10-3-4-11-22/h5,7-8H,3-4,6,9-12H2,1-2H3,(H,18,19). The monoisotopic (exact) mass is 328 g/mol. The lowest BCUT2D eigenvalue weighted by molar-refractivity contribution is 0.0793.